The number of nitrogens with zero attached hydrogens (tertiary/aromatic N) is 2. The molecule has 5 heteroatoms. The molecule has 0 saturated heterocycles. The molecule has 1 aromatic heterocycles. The topological polar surface area (TPSA) is 48.2 Å². The molecule has 3 aromatic rings. The number of aryl methyl sites for hydroxylation is 1. The van der Waals surface area contributed by atoms with Crippen LogP contribution in [0, 0.1) is 6.92 Å². The molecule has 106 valence electrons. The van der Waals surface area contributed by atoms with Crippen LogP contribution in [0.15, 0.2) is 57.4 Å². The maximum absolute atomic E-state index is 5.75. The number of hydrogen-bond donors (Lipinski definition) is 0. The third-order valence-electron chi connectivity index (χ3n) is 2.95. The highest BCUT2D eigenvalue weighted by atomic mass is 79.9. The second-order valence-corrected chi connectivity index (χ2v) is 5.48. The van der Waals surface area contributed by atoms with Gasteiger partial charge in [0.25, 0.3) is 0 Å². The van der Waals surface area contributed by atoms with Gasteiger partial charge in [-0.3, -0.25) is 0 Å². The lowest BCUT2D eigenvalue weighted by Crippen LogP contribution is -1.94. The van der Waals surface area contributed by atoms with Gasteiger partial charge in [-0.05, 0) is 42.0 Å². The maximum atomic E-state index is 5.75. The molecule has 1 heterocycles. The van der Waals surface area contributed by atoms with Crippen molar-refractivity contribution < 1.29 is 9.15 Å². The summed E-state index contributed by atoms with van der Waals surface area (Å²) in [7, 11) is 0. The van der Waals surface area contributed by atoms with Crippen LogP contribution in [0.1, 0.15) is 11.5 Å². The first-order valence-corrected chi connectivity index (χ1v) is 7.28. The Balaban J connectivity index is 1.65. The van der Waals surface area contributed by atoms with E-state index in [0.717, 1.165) is 21.3 Å². The minimum Gasteiger partial charge on any atom is -0.489 e. The standard InChI is InChI=1S/C16H13BrN2O2/c1-11-18-19-16(21-11)13-4-8-15(9-5-13)20-10-12-2-6-14(17)7-3-12/h2-9H,10H2,1H3. The molecular weight excluding hydrogens is 332 g/mol. The Bertz CT molecular complexity index is 721. The molecule has 0 amide bonds. The van der Waals surface area contributed by atoms with Crippen LogP contribution in [0.25, 0.3) is 11.5 Å². The minimum absolute atomic E-state index is 0.520. The van der Waals surface area contributed by atoms with Gasteiger partial charge >= 0.3 is 0 Å². The van der Waals surface area contributed by atoms with E-state index in [1.807, 2.05) is 48.5 Å². The normalized spacial score (nSPS) is 10.6. The van der Waals surface area contributed by atoms with Crippen LogP contribution >= 0.6 is 15.9 Å². The maximum Gasteiger partial charge on any atom is 0.247 e. The molecule has 0 aliphatic heterocycles. The fraction of sp³-hybridized carbons (Fsp3) is 0.125. The fourth-order valence-electron chi connectivity index (χ4n) is 1.85. The Morgan fingerprint density at radius 2 is 1.71 bits per heavy atom. The summed E-state index contributed by atoms with van der Waals surface area (Å²) in [5, 5.41) is 7.80. The van der Waals surface area contributed by atoms with Crippen molar-refractivity contribution in [3.05, 3.63) is 64.5 Å². The lowest BCUT2D eigenvalue weighted by atomic mass is 10.2. The molecule has 0 bridgehead atoms. The molecule has 0 unspecified atom stereocenters. The van der Waals surface area contributed by atoms with E-state index in [2.05, 4.69) is 26.1 Å². The number of benzene rings is 2. The molecule has 0 aliphatic rings. The molecule has 0 saturated carbocycles. The van der Waals surface area contributed by atoms with Crippen LogP contribution < -0.4 is 4.74 Å². The molecule has 0 atom stereocenters. The van der Waals surface area contributed by atoms with Gasteiger partial charge in [0.2, 0.25) is 11.8 Å². The van der Waals surface area contributed by atoms with Crippen LogP contribution in [0.5, 0.6) is 5.75 Å². The molecule has 0 fully saturated rings. The van der Waals surface area contributed by atoms with Crippen molar-refractivity contribution in [3.8, 4) is 17.2 Å². The third-order valence-corrected chi connectivity index (χ3v) is 3.47. The molecule has 0 radical (unpaired) electrons. The van der Waals surface area contributed by atoms with E-state index in [9.17, 15) is 0 Å². The fourth-order valence-corrected chi connectivity index (χ4v) is 2.12. The summed E-state index contributed by atoms with van der Waals surface area (Å²) in [5.41, 5.74) is 2.00. The number of halogens is 1. The Morgan fingerprint density at radius 1 is 1.00 bits per heavy atom. The van der Waals surface area contributed by atoms with E-state index in [1.54, 1.807) is 6.92 Å². The zero-order valence-electron chi connectivity index (χ0n) is 11.4. The summed E-state index contributed by atoms with van der Waals surface area (Å²) in [5.74, 6) is 1.88. The monoisotopic (exact) mass is 344 g/mol. The van der Waals surface area contributed by atoms with Crippen molar-refractivity contribution in [2.75, 3.05) is 0 Å². The largest absolute Gasteiger partial charge is 0.489 e. The summed E-state index contributed by atoms with van der Waals surface area (Å²) >= 11 is 3.41. The summed E-state index contributed by atoms with van der Waals surface area (Å²) in [4.78, 5) is 0. The SMILES string of the molecule is Cc1nnc(-c2ccc(OCc3ccc(Br)cc3)cc2)o1. The summed E-state index contributed by atoms with van der Waals surface area (Å²) in [6.45, 7) is 2.30. The Morgan fingerprint density at radius 3 is 2.33 bits per heavy atom. The van der Waals surface area contributed by atoms with E-state index in [-0.39, 0.29) is 0 Å². The van der Waals surface area contributed by atoms with Crippen LogP contribution in [0.4, 0.5) is 0 Å². The molecule has 0 N–H and O–H groups in total. The third kappa shape index (κ3) is 3.49. The quantitative estimate of drug-likeness (QED) is 0.704. The highest BCUT2D eigenvalue weighted by Crippen LogP contribution is 2.22. The summed E-state index contributed by atoms with van der Waals surface area (Å²) < 4.78 is 12.2. The molecule has 2 aromatic carbocycles. The number of aromatic nitrogens is 2. The smallest absolute Gasteiger partial charge is 0.247 e. The molecular formula is C16H13BrN2O2. The van der Waals surface area contributed by atoms with Crippen molar-refractivity contribution in [3.63, 3.8) is 0 Å². The van der Waals surface area contributed by atoms with E-state index in [1.165, 1.54) is 0 Å². The highest BCUT2D eigenvalue weighted by Gasteiger charge is 2.05. The van der Waals surface area contributed by atoms with Crippen molar-refractivity contribution in [2.45, 2.75) is 13.5 Å². The lowest BCUT2D eigenvalue weighted by molar-refractivity contribution is 0.306. The average Bonchev–Trinajstić information content (AvgIpc) is 2.94. The first-order valence-electron chi connectivity index (χ1n) is 6.48. The second kappa shape index (κ2) is 6.10. The molecule has 4 nitrogen and oxygen atoms in total. The Kier molecular flexibility index (Phi) is 4.01. The molecule has 0 aliphatic carbocycles. The number of hydrogen-bond acceptors (Lipinski definition) is 4. The predicted molar refractivity (Wildman–Crippen MR) is 82.9 cm³/mol. The van der Waals surface area contributed by atoms with E-state index >= 15 is 0 Å². The summed E-state index contributed by atoms with van der Waals surface area (Å²) in [6.07, 6.45) is 0. The van der Waals surface area contributed by atoms with Gasteiger partial charge in [-0.2, -0.15) is 0 Å². The van der Waals surface area contributed by atoms with Crippen LogP contribution in [-0.4, -0.2) is 10.2 Å². The minimum atomic E-state index is 0.520. The van der Waals surface area contributed by atoms with Gasteiger partial charge in [-0.1, -0.05) is 28.1 Å². The van der Waals surface area contributed by atoms with Gasteiger partial charge in [0.05, 0.1) is 0 Å². The van der Waals surface area contributed by atoms with Gasteiger partial charge in [-0.25, -0.2) is 0 Å². The average molecular weight is 345 g/mol. The predicted octanol–water partition coefficient (Wildman–Crippen LogP) is 4.39. The lowest BCUT2D eigenvalue weighted by Gasteiger charge is -2.06. The zero-order chi connectivity index (χ0) is 14.7. The van der Waals surface area contributed by atoms with Crippen LogP contribution in [-0.2, 0) is 6.61 Å². The van der Waals surface area contributed by atoms with Crippen LogP contribution in [0.2, 0.25) is 0 Å². The van der Waals surface area contributed by atoms with Crippen molar-refractivity contribution in [2.24, 2.45) is 0 Å². The molecule has 21 heavy (non-hydrogen) atoms. The summed E-state index contributed by atoms with van der Waals surface area (Å²) in [6, 6.07) is 15.7. The molecule has 0 spiro atoms. The van der Waals surface area contributed by atoms with Gasteiger partial charge in [0, 0.05) is 17.0 Å². The van der Waals surface area contributed by atoms with Gasteiger partial charge in [-0.15, -0.1) is 10.2 Å². The first-order chi connectivity index (χ1) is 10.2. The van der Waals surface area contributed by atoms with Crippen molar-refractivity contribution >= 4 is 15.9 Å². The number of rotatable bonds is 4. The van der Waals surface area contributed by atoms with Gasteiger partial charge in [0.15, 0.2) is 0 Å². The van der Waals surface area contributed by atoms with E-state index in [4.69, 9.17) is 9.15 Å². The number of ether oxygens (including phenoxy) is 1. The second-order valence-electron chi connectivity index (χ2n) is 4.57. The van der Waals surface area contributed by atoms with Crippen molar-refractivity contribution in [1.82, 2.24) is 10.2 Å². The Labute approximate surface area is 130 Å². The Hall–Kier alpha value is -2.14. The first kappa shape index (κ1) is 13.8. The van der Waals surface area contributed by atoms with E-state index in [0.29, 0.717) is 18.4 Å². The van der Waals surface area contributed by atoms with Gasteiger partial charge < -0.3 is 9.15 Å². The highest BCUT2D eigenvalue weighted by molar-refractivity contribution is 9.10. The van der Waals surface area contributed by atoms with Crippen molar-refractivity contribution in [1.29, 1.82) is 0 Å². The van der Waals surface area contributed by atoms with E-state index < -0.39 is 0 Å². The zero-order valence-corrected chi connectivity index (χ0v) is 13.0. The van der Waals surface area contributed by atoms with Gasteiger partial charge in [0.1, 0.15) is 12.4 Å². The van der Waals surface area contributed by atoms with Crippen LogP contribution in [0.3, 0.4) is 0 Å². The molecule has 3 rings (SSSR count).